The molecule has 1 atom stereocenters. The summed E-state index contributed by atoms with van der Waals surface area (Å²) in [4.78, 5) is 26.0. The molecule has 6 nitrogen and oxygen atoms in total. The summed E-state index contributed by atoms with van der Waals surface area (Å²) in [5, 5.41) is 2.82. The molecule has 1 unspecified atom stereocenters. The first-order valence-electron chi connectivity index (χ1n) is 7.86. The highest BCUT2D eigenvalue weighted by Crippen LogP contribution is 2.20. The Bertz CT molecular complexity index is 580. The molecule has 0 aromatic heterocycles. The molecular formula is C17H25N3O3. The van der Waals surface area contributed by atoms with Crippen molar-refractivity contribution in [1.29, 1.82) is 0 Å². The molecule has 0 bridgehead atoms. The average Bonchev–Trinajstić information content (AvgIpc) is 2.55. The number of hydrogen-bond donors (Lipinski definition) is 2. The van der Waals surface area contributed by atoms with Crippen molar-refractivity contribution in [2.24, 2.45) is 11.7 Å². The van der Waals surface area contributed by atoms with Gasteiger partial charge in [0.2, 0.25) is 5.91 Å². The number of nitrogens with two attached hydrogens (primary N) is 1. The van der Waals surface area contributed by atoms with E-state index in [0.717, 1.165) is 18.4 Å². The third-order valence-corrected chi connectivity index (χ3v) is 4.22. The number of nitrogens with one attached hydrogen (secondary N) is 1. The molecule has 126 valence electrons. The fraction of sp³-hybridized carbons (Fsp3) is 0.529. The molecule has 1 heterocycles. The van der Waals surface area contributed by atoms with Crippen LogP contribution < -0.4 is 11.1 Å². The van der Waals surface area contributed by atoms with Gasteiger partial charge >= 0.3 is 0 Å². The zero-order valence-corrected chi connectivity index (χ0v) is 14.0. The lowest BCUT2D eigenvalue weighted by Crippen LogP contribution is -2.44. The van der Waals surface area contributed by atoms with E-state index >= 15 is 0 Å². The maximum atomic E-state index is 12.3. The number of amides is 2. The van der Waals surface area contributed by atoms with Crippen LogP contribution in [0.5, 0.6) is 0 Å². The molecule has 6 heteroatoms. The summed E-state index contributed by atoms with van der Waals surface area (Å²) in [6, 6.07) is 4.75. The van der Waals surface area contributed by atoms with E-state index in [1.54, 1.807) is 26.2 Å². The van der Waals surface area contributed by atoms with E-state index in [1.807, 2.05) is 13.0 Å². The van der Waals surface area contributed by atoms with Crippen LogP contribution in [0.15, 0.2) is 18.2 Å². The number of ether oxygens (including phenoxy) is 1. The summed E-state index contributed by atoms with van der Waals surface area (Å²) >= 11 is 0. The lowest BCUT2D eigenvalue weighted by Gasteiger charge is -2.26. The van der Waals surface area contributed by atoms with E-state index < -0.39 is 6.04 Å². The molecule has 0 spiro atoms. The Kier molecular flexibility index (Phi) is 5.74. The van der Waals surface area contributed by atoms with Gasteiger partial charge in [0.25, 0.3) is 5.91 Å². The molecule has 2 amide bonds. The maximum Gasteiger partial charge on any atom is 0.253 e. The Morgan fingerprint density at radius 2 is 1.96 bits per heavy atom. The predicted octanol–water partition coefficient (Wildman–Crippen LogP) is 1.39. The standard InChI is InChI=1S/C17H25N3O3/c1-11-4-5-13(10-14(11)17(22)20(2)3)19-16(21)15(18)12-6-8-23-9-7-12/h4-5,10,12,15H,6-9,18H2,1-3H3,(H,19,21). The van der Waals surface area contributed by atoms with E-state index in [4.69, 9.17) is 10.5 Å². The van der Waals surface area contributed by atoms with Gasteiger partial charge in [0.1, 0.15) is 0 Å². The number of nitrogens with zero attached hydrogens (tertiary/aromatic N) is 1. The Labute approximate surface area is 137 Å². The lowest BCUT2D eigenvalue weighted by molar-refractivity contribution is -0.119. The molecule has 1 aliphatic rings. The molecule has 3 N–H and O–H groups in total. The molecule has 1 aliphatic heterocycles. The highest BCUT2D eigenvalue weighted by molar-refractivity contribution is 5.99. The van der Waals surface area contributed by atoms with Crippen LogP contribution >= 0.6 is 0 Å². The summed E-state index contributed by atoms with van der Waals surface area (Å²) in [5.41, 5.74) is 8.11. The highest BCUT2D eigenvalue weighted by atomic mass is 16.5. The molecule has 23 heavy (non-hydrogen) atoms. The number of anilines is 1. The Balaban J connectivity index is 2.08. The van der Waals surface area contributed by atoms with Crippen LogP contribution in [0.4, 0.5) is 5.69 Å². The summed E-state index contributed by atoms with van der Waals surface area (Å²) in [6.45, 7) is 3.17. The van der Waals surface area contributed by atoms with Crippen molar-refractivity contribution < 1.29 is 14.3 Å². The predicted molar refractivity (Wildman–Crippen MR) is 89.3 cm³/mol. The monoisotopic (exact) mass is 319 g/mol. The third-order valence-electron chi connectivity index (χ3n) is 4.22. The fourth-order valence-electron chi connectivity index (χ4n) is 2.69. The first kappa shape index (κ1) is 17.4. The SMILES string of the molecule is Cc1ccc(NC(=O)C(N)C2CCOCC2)cc1C(=O)N(C)C. The second-order valence-electron chi connectivity index (χ2n) is 6.19. The van der Waals surface area contributed by atoms with Crippen LogP contribution in [0.3, 0.4) is 0 Å². The minimum Gasteiger partial charge on any atom is -0.381 e. The van der Waals surface area contributed by atoms with Crippen molar-refractivity contribution in [2.75, 3.05) is 32.6 Å². The second kappa shape index (κ2) is 7.57. The van der Waals surface area contributed by atoms with Crippen molar-refractivity contribution in [3.63, 3.8) is 0 Å². The van der Waals surface area contributed by atoms with Gasteiger partial charge in [-0.05, 0) is 43.4 Å². The minimum atomic E-state index is -0.562. The van der Waals surface area contributed by atoms with Gasteiger partial charge in [0.15, 0.2) is 0 Å². The Morgan fingerprint density at radius 3 is 2.57 bits per heavy atom. The van der Waals surface area contributed by atoms with Gasteiger partial charge < -0.3 is 20.7 Å². The van der Waals surface area contributed by atoms with Crippen molar-refractivity contribution in [1.82, 2.24) is 4.90 Å². The van der Waals surface area contributed by atoms with Gasteiger partial charge in [0, 0.05) is 38.6 Å². The van der Waals surface area contributed by atoms with Gasteiger partial charge in [-0.1, -0.05) is 6.07 Å². The van der Waals surface area contributed by atoms with Crippen LogP contribution in [0.25, 0.3) is 0 Å². The summed E-state index contributed by atoms with van der Waals surface area (Å²) in [6.07, 6.45) is 1.60. The quantitative estimate of drug-likeness (QED) is 0.878. The number of hydrogen-bond acceptors (Lipinski definition) is 4. The van der Waals surface area contributed by atoms with E-state index in [1.165, 1.54) is 4.90 Å². The fourth-order valence-corrected chi connectivity index (χ4v) is 2.69. The van der Waals surface area contributed by atoms with Crippen molar-refractivity contribution in [2.45, 2.75) is 25.8 Å². The molecule has 0 radical (unpaired) electrons. The molecular weight excluding hydrogens is 294 g/mol. The van der Waals surface area contributed by atoms with E-state index in [0.29, 0.717) is 24.5 Å². The van der Waals surface area contributed by atoms with Gasteiger partial charge in [-0.15, -0.1) is 0 Å². The van der Waals surface area contributed by atoms with Crippen LogP contribution in [-0.2, 0) is 9.53 Å². The van der Waals surface area contributed by atoms with Crippen LogP contribution in [0.1, 0.15) is 28.8 Å². The molecule has 1 aromatic rings. The zero-order valence-electron chi connectivity index (χ0n) is 14.0. The number of rotatable bonds is 4. The third kappa shape index (κ3) is 4.30. The van der Waals surface area contributed by atoms with Crippen LogP contribution in [0, 0.1) is 12.8 Å². The first-order valence-corrected chi connectivity index (χ1v) is 7.86. The van der Waals surface area contributed by atoms with Gasteiger partial charge in [-0.25, -0.2) is 0 Å². The molecule has 1 saturated heterocycles. The summed E-state index contributed by atoms with van der Waals surface area (Å²) in [5.74, 6) is -0.173. The number of carbonyl (C=O) groups excluding carboxylic acids is 2. The minimum absolute atomic E-state index is 0.0904. The summed E-state index contributed by atoms with van der Waals surface area (Å²) in [7, 11) is 3.40. The molecule has 1 fully saturated rings. The second-order valence-corrected chi connectivity index (χ2v) is 6.19. The average molecular weight is 319 g/mol. The Hall–Kier alpha value is -1.92. The molecule has 0 aliphatic carbocycles. The normalized spacial score (nSPS) is 16.7. The van der Waals surface area contributed by atoms with Gasteiger partial charge in [-0.3, -0.25) is 9.59 Å². The van der Waals surface area contributed by atoms with Crippen LogP contribution in [-0.4, -0.2) is 50.1 Å². The van der Waals surface area contributed by atoms with Crippen molar-refractivity contribution >= 4 is 17.5 Å². The molecule has 2 rings (SSSR count). The van der Waals surface area contributed by atoms with E-state index in [9.17, 15) is 9.59 Å². The highest BCUT2D eigenvalue weighted by Gasteiger charge is 2.26. The van der Waals surface area contributed by atoms with E-state index in [-0.39, 0.29) is 17.7 Å². The van der Waals surface area contributed by atoms with Crippen LogP contribution in [0.2, 0.25) is 0 Å². The molecule has 0 saturated carbocycles. The number of carbonyl (C=O) groups is 2. The topological polar surface area (TPSA) is 84.7 Å². The first-order chi connectivity index (χ1) is 10.9. The largest absolute Gasteiger partial charge is 0.381 e. The summed E-state index contributed by atoms with van der Waals surface area (Å²) < 4.78 is 5.30. The molecule has 1 aromatic carbocycles. The van der Waals surface area contributed by atoms with Gasteiger partial charge in [0.05, 0.1) is 6.04 Å². The van der Waals surface area contributed by atoms with Crippen molar-refractivity contribution in [3.8, 4) is 0 Å². The number of aryl methyl sites for hydroxylation is 1. The maximum absolute atomic E-state index is 12.3. The van der Waals surface area contributed by atoms with Gasteiger partial charge in [-0.2, -0.15) is 0 Å². The number of benzene rings is 1. The Morgan fingerprint density at radius 1 is 1.30 bits per heavy atom. The van der Waals surface area contributed by atoms with E-state index in [2.05, 4.69) is 5.32 Å². The zero-order chi connectivity index (χ0) is 17.0. The smallest absolute Gasteiger partial charge is 0.253 e. The van der Waals surface area contributed by atoms with Crippen molar-refractivity contribution in [3.05, 3.63) is 29.3 Å². The lowest BCUT2D eigenvalue weighted by atomic mass is 9.92.